The number of rotatable bonds is 3. The first-order valence-electron chi connectivity index (χ1n) is 6.89. The Morgan fingerprint density at radius 3 is 3.11 bits per heavy atom. The van der Waals surface area contributed by atoms with E-state index in [1.165, 1.54) is 19.4 Å². The molecule has 0 spiro atoms. The van der Waals surface area contributed by atoms with Crippen LogP contribution in [0, 0.1) is 5.92 Å². The third kappa shape index (κ3) is 2.90. The first-order chi connectivity index (χ1) is 8.88. The summed E-state index contributed by atoms with van der Waals surface area (Å²) in [6.45, 7) is 5.50. The number of piperidine rings is 1. The van der Waals surface area contributed by atoms with E-state index in [1.54, 1.807) is 0 Å². The third-order valence-corrected chi connectivity index (χ3v) is 3.74. The summed E-state index contributed by atoms with van der Waals surface area (Å²) in [6.07, 6.45) is 5.42. The maximum Gasteiger partial charge on any atom is 0.159 e. The Morgan fingerprint density at radius 2 is 2.37 bits per heavy atom. The van der Waals surface area contributed by atoms with E-state index in [-0.39, 0.29) is 12.4 Å². The lowest BCUT2D eigenvalue weighted by atomic mass is 9.99. The molecule has 1 fully saturated rings. The molecular formula is C14H21ClN4. The van der Waals surface area contributed by atoms with E-state index in [2.05, 4.69) is 32.8 Å². The normalized spacial score (nSPS) is 19.3. The van der Waals surface area contributed by atoms with E-state index in [0.29, 0.717) is 5.92 Å². The summed E-state index contributed by atoms with van der Waals surface area (Å²) in [5, 5.41) is 3.48. The van der Waals surface area contributed by atoms with Gasteiger partial charge in [0.15, 0.2) is 5.65 Å². The highest BCUT2D eigenvalue weighted by atomic mass is 35.5. The number of nitrogens with zero attached hydrogens (tertiary/aromatic N) is 3. The first kappa shape index (κ1) is 14.3. The number of hydrogen-bond donors (Lipinski definition) is 1. The van der Waals surface area contributed by atoms with Crippen molar-refractivity contribution in [2.24, 2.45) is 5.92 Å². The smallest absolute Gasteiger partial charge is 0.159 e. The van der Waals surface area contributed by atoms with Crippen molar-refractivity contribution in [2.75, 3.05) is 13.1 Å². The number of pyridine rings is 1. The highest BCUT2D eigenvalue weighted by Gasteiger charge is 2.17. The molecule has 0 bridgehead atoms. The Labute approximate surface area is 120 Å². The van der Waals surface area contributed by atoms with Gasteiger partial charge in [-0.25, -0.2) is 9.97 Å². The quantitative estimate of drug-likeness (QED) is 0.939. The second-order valence-electron chi connectivity index (χ2n) is 5.05. The zero-order chi connectivity index (χ0) is 12.4. The second-order valence-corrected chi connectivity index (χ2v) is 5.05. The molecule has 1 saturated heterocycles. The molecule has 1 aliphatic rings. The molecule has 19 heavy (non-hydrogen) atoms. The number of imidazole rings is 1. The molecule has 3 rings (SSSR count). The molecule has 0 saturated carbocycles. The lowest BCUT2D eigenvalue weighted by Crippen LogP contribution is -2.32. The van der Waals surface area contributed by atoms with Crippen LogP contribution in [0.15, 0.2) is 18.3 Å². The summed E-state index contributed by atoms with van der Waals surface area (Å²) in [5.74, 6) is 1.87. The van der Waals surface area contributed by atoms with Crippen LogP contribution in [0.25, 0.3) is 11.2 Å². The van der Waals surface area contributed by atoms with Gasteiger partial charge in [0, 0.05) is 19.2 Å². The molecule has 3 heterocycles. The fraction of sp³-hybridized carbons (Fsp3) is 0.571. The molecule has 1 N–H and O–H groups in total. The summed E-state index contributed by atoms with van der Waals surface area (Å²) in [7, 11) is 0. The average Bonchev–Trinajstić information content (AvgIpc) is 2.78. The van der Waals surface area contributed by atoms with Gasteiger partial charge in [0.25, 0.3) is 0 Å². The molecule has 0 aliphatic carbocycles. The fourth-order valence-corrected chi connectivity index (χ4v) is 2.81. The summed E-state index contributed by atoms with van der Waals surface area (Å²) in [5.41, 5.74) is 2.07. The van der Waals surface area contributed by atoms with Gasteiger partial charge in [-0.3, -0.25) is 0 Å². The van der Waals surface area contributed by atoms with E-state index in [9.17, 15) is 0 Å². The highest BCUT2D eigenvalue weighted by Crippen LogP contribution is 2.19. The summed E-state index contributed by atoms with van der Waals surface area (Å²) >= 11 is 0. The first-order valence-corrected chi connectivity index (χ1v) is 6.89. The van der Waals surface area contributed by atoms with Crippen molar-refractivity contribution in [2.45, 2.75) is 32.7 Å². The summed E-state index contributed by atoms with van der Waals surface area (Å²) in [4.78, 5) is 9.17. The van der Waals surface area contributed by atoms with Crippen molar-refractivity contribution < 1.29 is 0 Å². The largest absolute Gasteiger partial charge is 0.316 e. The van der Waals surface area contributed by atoms with Crippen molar-refractivity contribution in [1.29, 1.82) is 0 Å². The highest BCUT2D eigenvalue weighted by molar-refractivity contribution is 5.85. The van der Waals surface area contributed by atoms with Gasteiger partial charge in [0.1, 0.15) is 11.3 Å². The van der Waals surface area contributed by atoms with Gasteiger partial charge in [-0.1, -0.05) is 6.92 Å². The molecule has 2 aromatic rings. The van der Waals surface area contributed by atoms with Crippen LogP contribution in [-0.4, -0.2) is 27.6 Å². The summed E-state index contributed by atoms with van der Waals surface area (Å²) < 4.78 is 2.31. The fourth-order valence-electron chi connectivity index (χ4n) is 2.81. The van der Waals surface area contributed by atoms with E-state index in [1.807, 2.05) is 12.3 Å². The monoisotopic (exact) mass is 280 g/mol. The zero-order valence-corrected chi connectivity index (χ0v) is 12.1. The van der Waals surface area contributed by atoms with Crippen molar-refractivity contribution in [3.05, 3.63) is 24.2 Å². The molecule has 104 valence electrons. The van der Waals surface area contributed by atoms with E-state index in [4.69, 9.17) is 0 Å². The van der Waals surface area contributed by atoms with Crippen LogP contribution in [0.4, 0.5) is 0 Å². The minimum Gasteiger partial charge on any atom is -0.316 e. The Bertz CT molecular complexity index is 531. The Balaban J connectivity index is 0.00000133. The molecule has 2 aromatic heterocycles. The lowest BCUT2D eigenvalue weighted by Gasteiger charge is -2.23. The summed E-state index contributed by atoms with van der Waals surface area (Å²) in [6, 6.07) is 4.01. The number of aryl methyl sites for hydroxylation is 1. The number of fused-ring (bicyclic) bond motifs is 1. The van der Waals surface area contributed by atoms with E-state index >= 15 is 0 Å². The van der Waals surface area contributed by atoms with Crippen LogP contribution in [0.3, 0.4) is 0 Å². The number of halogens is 1. The van der Waals surface area contributed by atoms with Crippen molar-refractivity contribution in [1.82, 2.24) is 19.9 Å². The molecule has 0 radical (unpaired) electrons. The standard InChI is InChI=1S/C14H20N4.ClH/c1-2-13-17-12-6-4-8-16-14(12)18(13)10-11-5-3-7-15-9-11;/h4,6,8,11,15H,2-3,5,7,9-10H2,1H3;1H. The van der Waals surface area contributed by atoms with Gasteiger partial charge in [0.2, 0.25) is 0 Å². The average molecular weight is 281 g/mol. The lowest BCUT2D eigenvalue weighted by molar-refractivity contribution is 0.336. The number of hydrogen-bond acceptors (Lipinski definition) is 3. The Kier molecular flexibility index (Phi) is 4.77. The topological polar surface area (TPSA) is 42.7 Å². The SMILES string of the molecule is CCc1nc2cccnc2n1CC1CCCNC1.Cl. The van der Waals surface area contributed by atoms with Crippen molar-refractivity contribution in [3.8, 4) is 0 Å². The van der Waals surface area contributed by atoms with Crippen LogP contribution in [0.2, 0.25) is 0 Å². The van der Waals surface area contributed by atoms with Crippen molar-refractivity contribution >= 4 is 23.6 Å². The molecular weight excluding hydrogens is 260 g/mol. The maximum absolute atomic E-state index is 4.68. The van der Waals surface area contributed by atoms with Gasteiger partial charge in [-0.15, -0.1) is 12.4 Å². The van der Waals surface area contributed by atoms with Crippen LogP contribution < -0.4 is 5.32 Å². The molecule has 0 amide bonds. The molecule has 4 nitrogen and oxygen atoms in total. The Hall–Kier alpha value is -1.13. The van der Waals surface area contributed by atoms with Crippen LogP contribution in [0.5, 0.6) is 0 Å². The minimum atomic E-state index is 0. The van der Waals surface area contributed by atoms with E-state index < -0.39 is 0 Å². The second kappa shape index (κ2) is 6.35. The molecule has 0 aromatic carbocycles. The van der Waals surface area contributed by atoms with Gasteiger partial charge in [0.05, 0.1) is 0 Å². The number of aromatic nitrogens is 3. The number of nitrogens with one attached hydrogen (secondary N) is 1. The van der Waals surface area contributed by atoms with Crippen LogP contribution >= 0.6 is 12.4 Å². The van der Waals surface area contributed by atoms with Gasteiger partial charge >= 0.3 is 0 Å². The van der Waals surface area contributed by atoms with Gasteiger partial charge in [-0.2, -0.15) is 0 Å². The van der Waals surface area contributed by atoms with Crippen LogP contribution in [-0.2, 0) is 13.0 Å². The van der Waals surface area contributed by atoms with Gasteiger partial charge in [-0.05, 0) is 44.0 Å². The molecule has 1 aliphatic heterocycles. The third-order valence-electron chi connectivity index (χ3n) is 3.74. The Morgan fingerprint density at radius 1 is 1.47 bits per heavy atom. The zero-order valence-electron chi connectivity index (χ0n) is 11.3. The minimum absolute atomic E-state index is 0. The molecule has 1 atom stereocenters. The van der Waals surface area contributed by atoms with Crippen molar-refractivity contribution in [3.63, 3.8) is 0 Å². The predicted molar refractivity (Wildman–Crippen MR) is 79.7 cm³/mol. The molecule has 1 unspecified atom stereocenters. The molecule has 5 heteroatoms. The predicted octanol–water partition coefficient (Wildman–Crippen LogP) is 2.42. The maximum atomic E-state index is 4.68. The van der Waals surface area contributed by atoms with Gasteiger partial charge < -0.3 is 9.88 Å². The van der Waals surface area contributed by atoms with E-state index in [0.717, 1.165) is 36.5 Å². The van der Waals surface area contributed by atoms with Crippen LogP contribution in [0.1, 0.15) is 25.6 Å².